The van der Waals surface area contributed by atoms with Gasteiger partial charge in [-0.05, 0) is 36.6 Å². The first-order chi connectivity index (χ1) is 11.1. The number of benzene rings is 2. The van der Waals surface area contributed by atoms with E-state index in [1.165, 1.54) is 17.4 Å². The summed E-state index contributed by atoms with van der Waals surface area (Å²) >= 11 is 0. The van der Waals surface area contributed by atoms with Crippen molar-refractivity contribution >= 4 is 5.91 Å². The minimum Gasteiger partial charge on any atom is -0.469 e. The van der Waals surface area contributed by atoms with Gasteiger partial charge in [-0.3, -0.25) is 4.79 Å². The van der Waals surface area contributed by atoms with Crippen molar-refractivity contribution in [3.05, 3.63) is 83.8 Å². The van der Waals surface area contributed by atoms with Gasteiger partial charge in [0.05, 0.1) is 17.9 Å². The third-order valence-electron chi connectivity index (χ3n) is 3.97. The van der Waals surface area contributed by atoms with E-state index in [1.54, 1.807) is 13.0 Å². The quantitative estimate of drug-likeness (QED) is 0.756. The molecule has 23 heavy (non-hydrogen) atoms. The van der Waals surface area contributed by atoms with Crippen molar-refractivity contribution in [2.75, 3.05) is 0 Å². The molecule has 3 nitrogen and oxygen atoms in total. The average Bonchev–Trinajstić information content (AvgIpc) is 3.02. The van der Waals surface area contributed by atoms with E-state index in [0.717, 1.165) is 5.56 Å². The molecule has 3 aromatic rings. The molecule has 0 spiro atoms. The monoisotopic (exact) mass is 305 g/mol. The van der Waals surface area contributed by atoms with Gasteiger partial charge in [0.1, 0.15) is 5.76 Å². The number of furan rings is 1. The summed E-state index contributed by atoms with van der Waals surface area (Å²) in [5, 5.41) is 3.00. The van der Waals surface area contributed by atoms with Crippen LogP contribution in [0.2, 0.25) is 0 Å². The van der Waals surface area contributed by atoms with Crippen LogP contribution < -0.4 is 5.32 Å². The van der Waals surface area contributed by atoms with Crippen molar-refractivity contribution in [1.82, 2.24) is 5.32 Å². The number of hydrogen-bond donors (Lipinski definition) is 1. The lowest BCUT2D eigenvalue weighted by molar-refractivity contribution is 0.0938. The van der Waals surface area contributed by atoms with Gasteiger partial charge < -0.3 is 9.73 Å². The predicted octanol–water partition coefficient (Wildman–Crippen LogP) is 4.75. The van der Waals surface area contributed by atoms with E-state index < -0.39 is 0 Å². The Bertz CT molecular complexity index is 788. The zero-order chi connectivity index (χ0) is 16.2. The largest absolute Gasteiger partial charge is 0.469 e. The molecule has 2 aromatic carbocycles. The van der Waals surface area contributed by atoms with E-state index in [-0.39, 0.29) is 11.9 Å². The van der Waals surface area contributed by atoms with Crippen molar-refractivity contribution in [3.8, 4) is 11.1 Å². The van der Waals surface area contributed by atoms with Crippen molar-refractivity contribution in [2.24, 2.45) is 0 Å². The maximum absolute atomic E-state index is 12.2. The molecule has 1 amide bonds. The molecule has 0 aliphatic heterocycles. The van der Waals surface area contributed by atoms with E-state index in [4.69, 9.17) is 4.42 Å². The second-order valence-corrected chi connectivity index (χ2v) is 5.57. The van der Waals surface area contributed by atoms with E-state index in [1.807, 2.05) is 25.1 Å². The number of hydrogen-bond acceptors (Lipinski definition) is 2. The smallest absolute Gasteiger partial charge is 0.255 e. The van der Waals surface area contributed by atoms with Gasteiger partial charge in [0.25, 0.3) is 5.91 Å². The number of carbonyl (C=O) groups is 1. The molecule has 1 N–H and O–H groups in total. The summed E-state index contributed by atoms with van der Waals surface area (Å²) in [6.07, 6.45) is 1.53. The molecule has 1 heterocycles. The summed E-state index contributed by atoms with van der Waals surface area (Å²) in [5.41, 5.74) is 4.00. The first-order valence-electron chi connectivity index (χ1n) is 7.65. The van der Waals surface area contributed by atoms with Crippen LogP contribution in [-0.2, 0) is 0 Å². The standard InChI is InChI=1S/C20H19NO2/c1-14(21-20(22)19-12-13-23-15(19)2)16-8-10-18(11-9-16)17-6-4-3-5-7-17/h3-14H,1-2H3,(H,21,22). The lowest BCUT2D eigenvalue weighted by Gasteiger charge is -2.14. The van der Waals surface area contributed by atoms with Crippen LogP contribution >= 0.6 is 0 Å². The average molecular weight is 305 g/mol. The Balaban J connectivity index is 1.72. The SMILES string of the molecule is Cc1occc1C(=O)NC(C)c1ccc(-c2ccccc2)cc1. The second-order valence-electron chi connectivity index (χ2n) is 5.57. The van der Waals surface area contributed by atoms with Crippen LogP contribution in [0.1, 0.15) is 34.6 Å². The Kier molecular flexibility index (Phi) is 4.29. The minimum absolute atomic E-state index is 0.0679. The minimum atomic E-state index is -0.115. The summed E-state index contributed by atoms with van der Waals surface area (Å²) in [4.78, 5) is 12.2. The number of rotatable bonds is 4. The molecule has 0 saturated carbocycles. The highest BCUT2D eigenvalue weighted by atomic mass is 16.3. The molecule has 1 atom stereocenters. The van der Waals surface area contributed by atoms with Gasteiger partial charge in [-0.2, -0.15) is 0 Å². The van der Waals surface area contributed by atoms with Crippen LogP contribution in [0.15, 0.2) is 71.3 Å². The molecule has 0 saturated heterocycles. The molecule has 0 aliphatic rings. The van der Waals surface area contributed by atoms with Crippen LogP contribution in [0.4, 0.5) is 0 Å². The summed E-state index contributed by atoms with van der Waals surface area (Å²) in [5.74, 6) is 0.519. The fourth-order valence-corrected chi connectivity index (χ4v) is 2.57. The van der Waals surface area contributed by atoms with Gasteiger partial charge in [0.2, 0.25) is 0 Å². The van der Waals surface area contributed by atoms with Crippen molar-refractivity contribution in [2.45, 2.75) is 19.9 Å². The normalized spacial score (nSPS) is 11.9. The van der Waals surface area contributed by atoms with Crippen molar-refractivity contribution < 1.29 is 9.21 Å². The maximum Gasteiger partial charge on any atom is 0.255 e. The van der Waals surface area contributed by atoms with E-state index in [2.05, 4.69) is 41.7 Å². The number of nitrogens with one attached hydrogen (secondary N) is 1. The molecule has 0 bridgehead atoms. The molecule has 0 aliphatic carbocycles. The summed E-state index contributed by atoms with van der Waals surface area (Å²) < 4.78 is 5.18. The highest BCUT2D eigenvalue weighted by molar-refractivity contribution is 5.95. The Morgan fingerprint density at radius 2 is 1.61 bits per heavy atom. The maximum atomic E-state index is 12.2. The Morgan fingerprint density at radius 1 is 0.957 bits per heavy atom. The molecule has 1 aromatic heterocycles. The Labute approximate surface area is 136 Å². The van der Waals surface area contributed by atoms with Crippen LogP contribution in [-0.4, -0.2) is 5.91 Å². The van der Waals surface area contributed by atoms with Crippen LogP contribution in [0.25, 0.3) is 11.1 Å². The van der Waals surface area contributed by atoms with Gasteiger partial charge in [-0.1, -0.05) is 54.6 Å². The fraction of sp³-hybridized carbons (Fsp3) is 0.150. The molecular formula is C20H19NO2. The van der Waals surface area contributed by atoms with Crippen molar-refractivity contribution in [1.29, 1.82) is 0 Å². The first kappa shape index (κ1) is 15.1. The fourth-order valence-electron chi connectivity index (χ4n) is 2.57. The molecular weight excluding hydrogens is 286 g/mol. The third-order valence-corrected chi connectivity index (χ3v) is 3.97. The molecule has 0 fully saturated rings. The van der Waals surface area contributed by atoms with Gasteiger partial charge in [-0.25, -0.2) is 0 Å². The summed E-state index contributed by atoms with van der Waals surface area (Å²) in [6.45, 7) is 3.76. The molecule has 3 heteroatoms. The van der Waals surface area contributed by atoms with Gasteiger partial charge in [-0.15, -0.1) is 0 Å². The summed E-state index contributed by atoms with van der Waals surface area (Å²) in [7, 11) is 0. The lowest BCUT2D eigenvalue weighted by Crippen LogP contribution is -2.26. The van der Waals surface area contributed by atoms with Crippen molar-refractivity contribution in [3.63, 3.8) is 0 Å². The molecule has 0 radical (unpaired) electrons. The van der Waals surface area contributed by atoms with Gasteiger partial charge in [0, 0.05) is 0 Å². The zero-order valence-corrected chi connectivity index (χ0v) is 13.2. The molecule has 3 rings (SSSR count). The second kappa shape index (κ2) is 6.53. The Hall–Kier alpha value is -2.81. The van der Waals surface area contributed by atoms with E-state index >= 15 is 0 Å². The number of amides is 1. The lowest BCUT2D eigenvalue weighted by atomic mass is 10.0. The molecule has 116 valence electrons. The first-order valence-corrected chi connectivity index (χ1v) is 7.65. The zero-order valence-electron chi connectivity index (χ0n) is 13.2. The van der Waals surface area contributed by atoms with Gasteiger partial charge in [0.15, 0.2) is 0 Å². The van der Waals surface area contributed by atoms with Crippen LogP contribution in [0.5, 0.6) is 0 Å². The van der Waals surface area contributed by atoms with E-state index in [9.17, 15) is 4.79 Å². The van der Waals surface area contributed by atoms with E-state index in [0.29, 0.717) is 11.3 Å². The molecule has 1 unspecified atom stereocenters. The summed E-state index contributed by atoms with van der Waals surface area (Å²) in [6, 6.07) is 20.1. The topological polar surface area (TPSA) is 42.2 Å². The van der Waals surface area contributed by atoms with Crippen LogP contribution in [0, 0.1) is 6.92 Å². The van der Waals surface area contributed by atoms with Crippen LogP contribution in [0.3, 0.4) is 0 Å². The predicted molar refractivity (Wildman–Crippen MR) is 91.2 cm³/mol. The highest BCUT2D eigenvalue weighted by Crippen LogP contribution is 2.22. The number of carbonyl (C=O) groups excluding carboxylic acids is 1. The third kappa shape index (κ3) is 3.34. The van der Waals surface area contributed by atoms with Gasteiger partial charge >= 0.3 is 0 Å². The highest BCUT2D eigenvalue weighted by Gasteiger charge is 2.15. The number of aryl methyl sites for hydroxylation is 1. The Morgan fingerprint density at radius 3 is 2.22 bits per heavy atom.